The number of carbonyl (C=O) groups is 1. The average molecular weight is 266 g/mol. The van der Waals surface area contributed by atoms with Gasteiger partial charge < -0.3 is 19.7 Å². The number of carbonyl (C=O) groups excluding carboxylic acids is 1. The summed E-state index contributed by atoms with van der Waals surface area (Å²) in [5.74, 6) is -4.73. The predicted octanol–water partition coefficient (Wildman–Crippen LogP) is 0.105. The highest BCUT2D eigenvalue weighted by Crippen LogP contribution is 2.30. The SMILES string of the molecule is COCCN(C)CCNCC1CC(F)(F)C(=O)O1. The first kappa shape index (κ1) is 15.3. The maximum atomic E-state index is 12.8. The summed E-state index contributed by atoms with van der Waals surface area (Å²) in [5.41, 5.74) is 0. The molecule has 1 aliphatic rings. The van der Waals surface area contributed by atoms with Gasteiger partial charge in [-0.15, -0.1) is 0 Å². The molecule has 1 aliphatic heterocycles. The van der Waals surface area contributed by atoms with Crippen molar-refractivity contribution in [2.75, 3.05) is 46.9 Å². The van der Waals surface area contributed by atoms with Crippen LogP contribution in [0.25, 0.3) is 0 Å². The van der Waals surface area contributed by atoms with Gasteiger partial charge >= 0.3 is 11.9 Å². The van der Waals surface area contributed by atoms with Gasteiger partial charge in [0.2, 0.25) is 0 Å². The van der Waals surface area contributed by atoms with Gasteiger partial charge in [0.25, 0.3) is 0 Å². The van der Waals surface area contributed by atoms with Crippen molar-refractivity contribution in [2.24, 2.45) is 0 Å². The monoisotopic (exact) mass is 266 g/mol. The lowest BCUT2D eigenvalue weighted by molar-refractivity contribution is -0.159. The van der Waals surface area contributed by atoms with Crippen molar-refractivity contribution in [1.29, 1.82) is 0 Å². The fourth-order valence-electron chi connectivity index (χ4n) is 1.65. The van der Waals surface area contributed by atoms with Crippen LogP contribution < -0.4 is 5.32 Å². The van der Waals surface area contributed by atoms with E-state index in [4.69, 9.17) is 4.74 Å². The number of cyclic esters (lactones) is 1. The molecule has 0 bridgehead atoms. The first-order valence-corrected chi connectivity index (χ1v) is 5.93. The second-order valence-electron chi connectivity index (χ2n) is 4.44. The van der Waals surface area contributed by atoms with Crippen molar-refractivity contribution in [3.8, 4) is 0 Å². The zero-order valence-electron chi connectivity index (χ0n) is 10.7. The zero-order valence-corrected chi connectivity index (χ0v) is 10.7. The Bertz CT molecular complexity index is 277. The highest BCUT2D eigenvalue weighted by atomic mass is 19.3. The molecule has 0 aromatic rings. The van der Waals surface area contributed by atoms with Gasteiger partial charge in [0.05, 0.1) is 13.0 Å². The number of likely N-dealkylation sites (N-methyl/N-ethyl adjacent to an activating group) is 1. The van der Waals surface area contributed by atoms with E-state index < -0.39 is 24.4 Å². The second kappa shape index (κ2) is 6.96. The molecule has 0 aromatic heterocycles. The van der Waals surface area contributed by atoms with Crippen LogP contribution in [0.2, 0.25) is 0 Å². The smallest absolute Gasteiger partial charge is 0.377 e. The third-order valence-corrected chi connectivity index (χ3v) is 2.78. The van der Waals surface area contributed by atoms with E-state index in [2.05, 4.69) is 15.0 Å². The minimum absolute atomic E-state index is 0.263. The van der Waals surface area contributed by atoms with Crippen LogP contribution in [0.15, 0.2) is 0 Å². The van der Waals surface area contributed by atoms with Gasteiger partial charge in [-0.1, -0.05) is 0 Å². The molecule has 0 radical (unpaired) electrons. The van der Waals surface area contributed by atoms with Crippen LogP contribution in [0.1, 0.15) is 6.42 Å². The molecule has 5 nitrogen and oxygen atoms in total. The molecule has 1 heterocycles. The zero-order chi connectivity index (χ0) is 13.6. The number of rotatable bonds is 8. The van der Waals surface area contributed by atoms with Gasteiger partial charge in [0.1, 0.15) is 6.10 Å². The Morgan fingerprint density at radius 1 is 1.56 bits per heavy atom. The molecular weight excluding hydrogens is 246 g/mol. The lowest BCUT2D eigenvalue weighted by Gasteiger charge is -2.17. The summed E-state index contributed by atoms with van der Waals surface area (Å²) in [6.07, 6.45) is -1.25. The van der Waals surface area contributed by atoms with Crippen molar-refractivity contribution >= 4 is 5.97 Å². The molecule has 0 aromatic carbocycles. The second-order valence-corrected chi connectivity index (χ2v) is 4.44. The highest BCUT2D eigenvalue weighted by Gasteiger charge is 2.50. The number of nitrogens with zero attached hydrogens (tertiary/aromatic N) is 1. The molecular formula is C11H20F2N2O3. The van der Waals surface area contributed by atoms with E-state index in [9.17, 15) is 13.6 Å². The maximum Gasteiger partial charge on any atom is 0.377 e. The molecule has 1 unspecified atom stereocenters. The first-order chi connectivity index (χ1) is 8.45. The minimum Gasteiger partial charge on any atom is -0.456 e. The van der Waals surface area contributed by atoms with E-state index in [1.807, 2.05) is 7.05 Å². The maximum absolute atomic E-state index is 12.8. The number of ether oxygens (including phenoxy) is 2. The number of esters is 1. The number of methoxy groups -OCH3 is 1. The van der Waals surface area contributed by atoms with Gasteiger partial charge in [0, 0.05) is 33.3 Å². The largest absolute Gasteiger partial charge is 0.456 e. The number of alkyl halides is 2. The van der Waals surface area contributed by atoms with Crippen molar-refractivity contribution < 1.29 is 23.0 Å². The number of hydrogen-bond acceptors (Lipinski definition) is 5. The van der Waals surface area contributed by atoms with Crippen LogP contribution in [-0.4, -0.2) is 69.8 Å². The van der Waals surface area contributed by atoms with Crippen LogP contribution in [-0.2, 0) is 14.3 Å². The molecule has 0 spiro atoms. The molecule has 0 aliphatic carbocycles. The van der Waals surface area contributed by atoms with E-state index in [0.29, 0.717) is 13.2 Å². The first-order valence-electron chi connectivity index (χ1n) is 5.93. The van der Waals surface area contributed by atoms with E-state index in [1.54, 1.807) is 7.11 Å². The van der Waals surface area contributed by atoms with E-state index in [0.717, 1.165) is 13.1 Å². The Labute approximate surface area is 105 Å². The van der Waals surface area contributed by atoms with Crippen LogP contribution in [0, 0.1) is 0 Å². The van der Waals surface area contributed by atoms with Crippen molar-refractivity contribution in [3.05, 3.63) is 0 Å². The topological polar surface area (TPSA) is 50.8 Å². The predicted molar refractivity (Wildman–Crippen MR) is 61.7 cm³/mol. The number of hydrogen-bond donors (Lipinski definition) is 1. The molecule has 1 rings (SSSR count). The number of halogens is 2. The third kappa shape index (κ3) is 4.83. The third-order valence-electron chi connectivity index (χ3n) is 2.78. The Hall–Kier alpha value is -0.790. The van der Waals surface area contributed by atoms with E-state index >= 15 is 0 Å². The fourth-order valence-corrected chi connectivity index (χ4v) is 1.65. The van der Waals surface area contributed by atoms with E-state index in [1.165, 1.54) is 0 Å². The van der Waals surface area contributed by atoms with Crippen LogP contribution in [0.3, 0.4) is 0 Å². The summed E-state index contributed by atoms with van der Waals surface area (Å²) >= 11 is 0. The molecule has 1 saturated heterocycles. The lowest BCUT2D eigenvalue weighted by Crippen LogP contribution is -2.35. The Kier molecular flexibility index (Phi) is 5.90. The summed E-state index contributed by atoms with van der Waals surface area (Å²) < 4.78 is 35.2. The Morgan fingerprint density at radius 2 is 2.28 bits per heavy atom. The highest BCUT2D eigenvalue weighted by molar-refractivity contribution is 5.79. The molecule has 7 heteroatoms. The normalized spacial score (nSPS) is 22.5. The van der Waals surface area contributed by atoms with Gasteiger partial charge in [-0.05, 0) is 7.05 Å². The molecule has 106 valence electrons. The van der Waals surface area contributed by atoms with Crippen molar-refractivity contribution in [3.63, 3.8) is 0 Å². The van der Waals surface area contributed by atoms with Gasteiger partial charge in [0.15, 0.2) is 0 Å². The summed E-state index contributed by atoms with van der Waals surface area (Å²) in [6.45, 7) is 3.16. The number of nitrogens with one attached hydrogen (secondary N) is 1. The van der Waals surface area contributed by atoms with Crippen LogP contribution >= 0.6 is 0 Å². The Balaban J connectivity index is 2.07. The lowest BCUT2D eigenvalue weighted by atomic mass is 10.2. The molecule has 1 N–H and O–H groups in total. The minimum atomic E-state index is -3.32. The summed E-state index contributed by atoms with van der Waals surface area (Å²) in [7, 11) is 3.59. The quantitative estimate of drug-likeness (QED) is 0.499. The van der Waals surface area contributed by atoms with Gasteiger partial charge in [-0.25, -0.2) is 4.79 Å². The van der Waals surface area contributed by atoms with Crippen LogP contribution in [0.4, 0.5) is 8.78 Å². The van der Waals surface area contributed by atoms with Crippen LogP contribution in [0.5, 0.6) is 0 Å². The summed E-state index contributed by atoms with van der Waals surface area (Å²) in [6, 6.07) is 0. The molecule has 1 atom stereocenters. The van der Waals surface area contributed by atoms with Crippen molar-refractivity contribution in [1.82, 2.24) is 10.2 Å². The average Bonchev–Trinajstić information content (AvgIpc) is 2.56. The summed E-state index contributed by atoms with van der Waals surface area (Å²) in [5, 5.41) is 3.00. The fraction of sp³-hybridized carbons (Fsp3) is 0.909. The molecule has 0 saturated carbocycles. The van der Waals surface area contributed by atoms with Crippen molar-refractivity contribution in [2.45, 2.75) is 18.4 Å². The Morgan fingerprint density at radius 3 is 2.83 bits per heavy atom. The molecule has 1 fully saturated rings. The van der Waals surface area contributed by atoms with Gasteiger partial charge in [-0.3, -0.25) is 0 Å². The molecule has 18 heavy (non-hydrogen) atoms. The van der Waals surface area contributed by atoms with E-state index in [-0.39, 0.29) is 6.54 Å². The summed E-state index contributed by atoms with van der Waals surface area (Å²) in [4.78, 5) is 12.8. The standard InChI is InChI=1S/C11H20F2N2O3/c1-15(5-6-17-2)4-3-14-8-9-7-11(12,13)10(16)18-9/h9,14H,3-8H2,1-2H3. The van der Waals surface area contributed by atoms with Gasteiger partial charge in [-0.2, -0.15) is 8.78 Å². The molecule has 0 amide bonds.